The van der Waals surface area contributed by atoms with Crippen LogP contribution in [-0.4, -0.2) is 15.8 Å². The summed E-state index contributed by atoms with van der Waals surface area (Å²) in [5.41, 5.74) is 6.43. The van der Waals surface area contributed by atoms with Crippen molar-refractivity contribution in [3.05, 3.63) is 24.2 Å². The largest absolute Gasteiger partial charge is 0.384 e. The van der Waals surface area contributed by atoms with Gasteiger partial charge in [0.2, 0.25) is 0 Å². The van der Waals surface area contributed by atoms with Crippen LogP contribution >= 0.6 is 0 Å². The first kappa shape index (κ1) is 8.87. The van der Waals surface area contributed by atoms with Crippen LogP contribution in [0.15, 0.2) is 18.3 Å². The van der Waals surface area contributed by atoms with Crippen molar-refractivity contribution in [2.75, 3.05) is 5.73 Å². The van der Waals surface area contributed by atoms with Crippen molar-refractivity contribution in [1.82, 2.24) is 9.97 Å². The molecule has 0 fully saturated rings. The summed E-state index contributed by atoms with van der Waals surface area (Å²) >= 11 is 0. The molecule has 72 valence electrons. The third-order valence-corrected chi connectivity index (χ3v) is 2.17. The molecule has 1 aromatic rings. The van der Waals surface area contributed by atoms with Gasteiger partial charge in [-0.05, 0) is 25.0 Å². The molecule has 0 saturated carbocycles. The third kappa shape index (κ3) is 1.79. The quantitative estimate of drug-likeness (QED) is 0.720. The van der Waals surface area contributed by atoms with Gasteiger partial charge in [-0.3, -0.25) is 4.79 Å². The number of nitrogen functional groups attached to an aromatic ring is 1. The van der Waals surface area contributed by atoms with Crippen LogP contribution in [0.25, 0.3) is 5.57 Å². The van der Waals surface area contributed by atoms with Crippen LogP contribution in [0.3, 0.4) is 0 Å². The average Bonchev–Trinajstić information content (AvgIpc) is 2.18. The van der Waals surface area contributed by atoms with Gasteiger partial charge in [0, 0.05) is 18.2 Å². The monoisotopic (exact) mass is 189 g/mol. The molecule has 4 nitrogen and oxygen atoms in total. The molecule has 0 bridgehead atoms. The van der Waals surface area contributed by atoms with Crippen molar-refractivity contribution in [1.29, 1.82) is 0 Å². The lowest BCUT2D eigenvalue weighted by atomic mass is 9.98. The van der Waals surface area contributed by atoms with Crippen LogP contribution in [0, 0.1) is 0 Å². The fourth-order valence-electron chi connectivity index (χ4n) is 1.50. The fourth-order valence-corrected chi connectivity index (χ4v) is 1.50. The zero-order valence-corrected chi connectivity index (χ0v) is 7.73. The number of allylic oxidation sites excluding steroid dienone is 2. The van der Waals surface area contributed by atoms with Gasteiger partial charge in [-0.2, -0.15) is 0 Å². The maximum atomic E-state index is 11.2. The second-order valence-electron chi connectivity index (χ2n) is 3.29. The Bertz CT molecular complexity index is 398. The number of anilines is 1. The molecule has 1 heterocycles. The van der Waals surface area contributed by atoms with Crippen LogP contribution in [0.1, 0.15) is 25.1 Å². The Morgan fingerprint density at radius 3 is 2.93 bits per heavy atom. The van der Waals surface area contributed by atoms with E-state index in [2.05, 4.69) is 9.97 Å². The van der Waals surface area contributed by atoms with Gasteiger partial charge in [0.1, 0.15) is 5.82 Å². The number of nitrogens with two attached hydrogens (primary N) is 1. The van der Waals surface area contributed by atoms with Gasteiger partial charge in [-0.1, -0.05) is 0 Å². The minimum absolute atomic E-state index is 0.150. The Labute approximate surface area is 81.9 Å². The van der Waals surface area contributed by atoms with Crippen LogP contribution in [0.4, 0.5) is 5.82 Å². The first-order valence-corrected chi connectivity index (χ1v) is 4.58. The van der Waals surface area contributed by atoms with Gasteiger partial charge in [-0.15, -0.1) is 0 Å². The van der Waals surface area contributed by atoms with E-state index in [4.69, 9.17) is 5.73 Å². The summed E-state index contributed by atoms with van der Waals surface area (Å²) in [7, 11) is 0. The van der Waals surface area contributed by atoms with E-state index >= 15 is 0 Å². The van der Waals surface area contributed by atoms with Gasteiger partial charge in [-0.25, -0.2) is 9.97 Å². The summed E-state index contributed by atoms with van der Waals surface area (Å²) in [5, 5.41) is 0. The predicted molar refractivity (Wildman–Crippen MR) is 53.3 cm³/mol. The smallest absolute Gasteiger partial charge is 0.157 e. The van der Waals surface area contributed by atoms with E-state index in [0.717, 1.165) is 18.4 Å². The molecule has 1 aliphatic rings. The molecule has 0 saturated heterocycles. The number of carbonyl (C=O) groups excluding carboxylic acids is 1. The maximum Gasteiger partial charge on any atom is 0.157 e. The zero-order valence-electron chi connectivity index (χ0n) is 7.73. The standard InChI is InChI=1S/C10H11N3O/c11-9-4-5-12-10(13-9)7-2-1-3-8(14)6-7/h4-6H,1-3H2,(H2,11,12,13). The van der Waals surface area contributed by atoms with Crippen LogP contribution in [-0.2, 0) is 4.79 Å². The lowest BCUT2D eigenvalue weighted by Gasteiger charge is -2.10. The molecule has 4 heteroatoms. The van der Waals surface area contributed by atoms with Crippen molar-refractivity contribution in [2.45, 2.75) is 19.3 Å². The lowest BCUT2D eigenvalue weighted by molar-refractivity contribution is -0.114. The second kappa shape index (κ2) is 3.57. The summed E-state index contributed by atoms with van der Waals surface area (Å²) in [6.45, 7) is 0. The minimum atomic E-state index is 0.150. The summed E-state index contributed by atoms with van der Waals surface area (Å²) < 4.78 is 0. The number of hydrogen-bond acceptors (Lipinski definition) is 4. The highest BCUT2D eigenvalue weighted by atomic mass is 16.1. The summed E-state index contributed by atoms with van der Waals surface area (Å²) in [5.74, 6) is 1.17. The molecular weight excluding hydrogens is 178 g/mol. The van der Waals surface area contributed by atoms with E-state index in [1.807, 2.05) is 0 Å². The highest BCUT2D eigenvalue weighted by Crippen LogP contribution is 2.22. The van der Waals surface area contributed by atoms with Crippen LogP contribution < -0.4 is 5.73 Å². The van der Waals surface area contributed by atoms with Crippen molar-refractivity contribution in [3.8, 4) is 0 Å². The van der Waals surface area contributed by atoms with E-state index in [9.17, 15) is 4.79 Å². The van der Waals surface area contributed by atoms with Crippen molar-refractivity contribution < 1.29 is 4.79 Å². The lowest BCUT2D eigenvalue weighted by Crippen LogP contribution is -2.05. The number of ketones is 1. The Balaban J connectivity index is 2.35. The number of hydrogen-bond donors (Lipinski definition) is 1. The molecule has 0 atom stereocenters. The van der Waals surface area contributed by atoms with Crippen LogP contribution in [0.5, 0.6) is 0 Å². The molecule has 0 aromatic carbocycles. The van der Waals surface area contributed by atoms with Crippen LogP contribution in [0.2, 0.25) is 0 Å². The summed E-state index contributed by atoms with van der Waals surface area (Å²) in [6.07, 6.45) is 5.60. The van der Waals surface area contributed by atoms with Crippen molar-refractivity contribution in [2.24, 2.45) is 0 Å². The first-order chi connectivity index (χ1) is 6.75. The Hall–Kier alpha value is -1.71. The first-order valence-electron chi connectivity index (χ1n) is 4.58. The molecule has 2 rings (SSSR count). The molecule has 1 aliphatic carbocycles. The fraction of sp³-hybridized carbons (Fsp3) is 0.300. The molecule has 0 spiro atoms. The Kier molecular flexibility index (Phi) is 2.26. The molecule has 0 unspecified atom stereocenters. The highest BCUT2D eigenvalue weighted by Gasteiger charge is 2.13. The molecule has 1 aromatic heterocycles. The van der Waals surface area contributed by atoms with E-state index in [0.29, 0.717) is 18.1 Å². The Morgan fingerprint density at radius 2 is 2.21 bits per heavy atom. The second-order valence-corrected chi connectivity index (χ2v) is 3.29. The van der Waals surface area contributed by atoms with Crippen molar-refractivity contribution >= 4 is 17.2 Å². The number of aromatic nitrogens is 2. The molecule has 0 amide bonds. The maximum absolute atomic E-state index is 11.2. The van der Waals surface area contributed by atoms with E-state index in [-0.39, 0.29) is 5.78 Å². The normalized spacial score (nSPS) is 16.6. The predicted octanol–water partition coefficient (Wildman–Crippen LogP) is 1.20. The number of carbonyl (C=O) groups is 1. The zero-order chi connectivity index (χ0) is 9.97. The topological polar surface area (TPSA) is 68.9 Å². The van der Waals surface area contributed by atoms with Gasteiger partial charge in [0.25, 0.3) is 0 Å². The number of rotatable bonds is 1. The van der Waals surface area contributed by atoms with E-state index < -0.39 is 0 Å². The molecule has 14 heavy (non-hydrogen) atoms. The average molecular weight is 189 g/mol. The molecule has 2 N–H and O–H groups in total. The van der Waals surface area contributed by atoms with Crippen molar-refractivity contribution in [3.63, 3.8) is 0 Å². The van der Waals surface area contributed by atoms with Gasteiger partial charge in [0.15, 0.2) is 11.6 Å². The minimum Gasteiger partial charge on any atom is -0.384 e. The SMILES string of the molecule is Nc1ccnc(C2=CC(=O)CCC2)n1. The van der Waals surface area contributed by atoms with Gasteiger partial charge in [0.05, 0.1) is 0 Å². The van der Waals surface area contributed by atoms with E-state index in [1.165, 1.54) is 0 Å². The van der Waals surface area contributed by atoms with Gasteiger partial charge >= 0.3 is 0 Å². The third-order valence-electron chi connectivity index (χ3n) is 2.17. The molecule has 0 aliphatic heterocycles. The molecule has 0 radical (unpaired) electrons. The highest BCUT2D eigenvalue weighted by molar-refractivity contribution is 5.97. The number of nitrogens with zero attached hydrogens (tertiary/aromatic N) is 2. The summed E-state index contributed by atoms with van der Waals surface area (Å²) in [4.78, 5) is 19.3. The summed E-state index contributed by atoms with van der Waals surface area (Å²) in [6, 6.07) is 1.63. The van der Waals surface area contributed by atoms with E-state index in [1.54, 1.807) is 18.3 Å². The Morgan fingerprint density at radius 1 is 1.36 bits per heavy atom. The van der Waals surface area contributed by atoms with Gasteiger partial charge < -0.3 is 5.73 Å². The molecular formula is C10H11N3O.